The second-order valence-corrected chi connectivity index (χ2v) is 5.68. The number of hydrogen-bond acceptors (Lipinski definition) is 5. The fourth-order valence-corrected chi connectivity index (χ4v) is 2.16. The molecule has 5 N–H and O–H groups in total. The first kappa shape index (κ1) is 15.9. The summed E-state index contributed by atoms with van der Waals surface area (Å²) in [5.41, 5.74) is 5.33. The van der Waals surface area contributed by atoms with E-state index in [1.54, 1.807) is 7.85 Å². The standard InChI is InChI=1S/C9H19BNO6P/c10-9-8(16-4-1-3-11)7(12)6(17-9)2-5-18(13,14)15/h2,5-9,12H,1,3-4,10-11H2,(H2,13,14,15)/b5-2+/t6-,7?,8?,9-/m1/s1. The Labute approximate surface area is 107 Å². The Morgan fingerprint density at radius 3 is 2.72 bits per heavy atom. The van der Waals surface area contributed by atoms with Gasteiger partial charge in [0.25, 0.3) is 0 Å². The predicted molar refractivity (Wildman–Crippen MR) is 67.8 cm³/mol. The second kappa shape index (κ2) is 6.82. The van der Waals surface area contributed by atoms with Crippen LogP contribution in [0, 0.1) is 0 Å². The van der Waals surface area contributed by atoms with Gasteiger partial charge in [-0.05, 0) is 19.0 Å². The van der Waals surface area contributed by atoms with Crippen LogP contribution in [-0.4, -0.2) is 60.2 Å². The van der Waals surface area contributed by atoms with Crippen molar-refractivity contribution in [3.8, 4) is 0 Å². The van der Waals surface area contributed by atoms with Crippen molar-refractivity contribution in [3.05, 3.63) is 11.9 Å². The maximum Gasteiger partial charge on any atom is 0.348 e. The molecular formula is C9H19BNO6P. The zero-order chi connectivity index (χ0) is 13.8. The SMILES string of the molecule is B[C@@H]1O[C@H](/C=C/P(=O)(O)O)C(O)C1OCCCN. The molecule has 0 amide bonds. The first-order valence-electron chi connectivity index (χ1n) is 5.75. The van der Waals surface area contributed by atoms with E-state index in [4.69, 9.17) is 25.0 Å². The van der Waals surface area contributed by atoms with E-state index in [1.165, 1.54) is 6.08 Å². The van der Waals surface area contributed by atoms with Gasteiger partial charge < -0.3 is 30.1 Å². The molecule has 0 radical (unpaired) electrons. The molecule has 1 rings (SSSR count). The van der Waals surface area contributed by atoms with Crippen molar-refractivity contribution in [1.82, 2.24) is 0 Å². The van der Waals surface area contributed by atoms with Crippen LogP contribution in [0.1, 0.15) is 6.42 Å². The minimum absolute atomic E-state index is 0.343. The largest absolute Gasteiger partial charge is 0.387 e. The van der Waals surface area contributed by atoms with Crippen molar-refractivity contribution < 1.29 is 28.9 Å². The molecule has 1 fully saturated rings. The first-order valence-corrected chi connectivity index (χ1v) is 7.43. The van der Waals surface area contributed by atoms with Gasteiger partial charge in [-0.2, -0.15) is 0 Å². The van der Waals surface area contributed by atoms with Gasteiger partial charge >= 0.3 is 7.60 Å². The Bertz CT molecular complexity index is 335. The summed E-state index contributed by atoms with van der Waals surface area (Å²) in [6.07, 6.45) is -0.369. The van der Waals surface area contributed by atoms with Gasteiger partial charge in [0.2, 0.25) is 0 Å². The van der Waals surface area contributed by atoms with Crippen LogP contribution in [0.3, 0.4) is 0 Å². The quantitative estimate of drug-likeness (QED) is 0.255. The third-order valence-corrected chi connectivity index (χ3v) is 3.20. The van der Waals surface area contributed by atoms with Crippen LogP contribution in [-0.2, 0) is 14.0 Å². The van der Waals surface area contributed by atoms with E-state index in [9.17, 15) is 9.67 Å². The normalized spacial score (nSPS) is 33.3. The van der Waals surface area contributed by atoms with Gasteiger partial charge in [-0.1, -0.05) is 0 Å². The van der Waals surface area contributed by atoms with E-state index < -0.39 is 25.9 Å². The fraction of sp³-hybridized carbons (Fsp3) is 0.778. The number of ether oxygens (including phenoxy) is 2. The Balaban J connectivity index is 2.55. The average molecular weight is 279 g/mol. The molecule has 2 unspecified atom stereocenters. The van der Waals surface area contributed by atoms with Crippen molar-refractivity contribution in [2.24, 2.45) is 5.73 Å². The average Bonchev–Trinajstić information content (AvgIpc) is 2.53. The van der Waals surface area contributed by atoms with Crippen LogP contribution in [0.4, 0.5) is 0 Å². The molecule has 1 aliphatic heterocycles. The van der Waals surface area contributed by atoms with Gasteiger partial charge in [0, 0.05) is 12.4 Å². The molecule has 9 heteroatoms. The summed E-state index contributed by atoms with van der Waals surface area (Å²) in [5.74, 6) is 0.732. The topological polar surface area (TPSA) is 122 Å². The minimum Gasteiger partial charge on any atom is -0.387 e. The van der Waals surface area contributed by atoms with Crippen LogP contribution >= 0.6 is 7.60 Å². The van der Waals surface area contributed by atoms with Crippen molar-refractivity contribution in [3.63, 3.8) is 0 Å². The smallest absolute Gasteiger partial charge is 0.348 e. The highest BCUT2D eigenvalue weighted by molar-refractivity contribution is 7.55. The lowest BCUT2D eigenvalue weighted by Crippen LogP contribution is -2.35. The van der Waals surface area contributed by atoms with Gasteiger partial charge in [0.05, 0.1) is 6.00 Å². The molecule has 0 aromatic carbocycles. The van der Waals surface area contributed by atoms with Crippen LogP contribution in [0.25, 0.3) is 0 Å². The van der Waals surface area contributed by atoms with E-state index in [0.717, 1.165) is 5.82 Å². The first-order chi connectivity index (χ1) is 8.35. The summed E-state index contributed by atoms with van der Waals surface area (Å²) in [4.78, 5) is 17.4. The third kappa shape index (κ3) is 4.82. The molecule has 18 heavy (non-hydrogen) atoms. The highest BCUT2D eigenvalue weighted by atomic mass is 31.2. The van der Waals surface area contributed by atoms with E-state index in [2.05, 4.69) is 0 Å². The lowest BCUT2D eigenvalue weighted by Gasteiger charge is -2.18. The molecule has 104 valence electrons. The molecule has 0 bridgehead atoms. The van der Waals surface area contributed by atoms with Gasteiger partial charge in [0.15, 0.2) is 0 Å². The van der Waals surface area contributed by atoms with Crippen LogP contribution in [0.2, 0.25) is 0 Å². The van der Waals surface area contributed by atoms with Crippen molar-refractivity contribution >= 4 is 15.4 Å². The summed E-state index contributed by atoms with van der Waals surface area (Å²) >= 11 is 0. The van der Waals surface area contributed by atoms with Gasteiger partial charge in [0.1, 0.15) is 26.2 Å². The van der Waals surface area contributed by atoms with Crippen molar-refractivity contribution in [2.75, 3.05) is 13.2 Å². The fourth-order valence-electron chi connectivity index (χ4n) is 1.76. The number of nitrogens with two attached hydrogens (primary N) is 1. The van der Waals surface area contributed by atoms with E-state index in [0.29, 0.717) is 19.6 Å². The van der Waals surface area contributed by atoms with Crippen LogP contribution in [0.15, 0.2) is 11.9 Å². The molecule has 1 aliphatic rings. The Morgan fingerprint density at radius 1 is 1.50 bits per heavy atom. The Kier molecular flexibility index (Phi) is 6.00. The second-order valence-electron chi connectivity index (χ2n) is 4.20. The van der Waals surface area contributed by atoms with Gasteiger partial charge in [-0.15, -0.1) is 0 Å². The zero-order valence-corrected chi connectivity index (χ0v) is 11.1. The lowest BCUT2D eigenvalue weighted by molar-refractivity contribution is -0.0196. The van der Waals surface area contributed by atoms with E-state index >= 15 is 0 Å². The molecular weight excluding hydrogens is 260 g/mol. The molecule has 0 spiro atoms. The maximum absolute atomic E-state index is 10.7. The summed E-state index contributed by atoms with van der Waals surface area (Å²) in [6.45, 7) is 0.917. The molecule has 0 aromatic heterocycles. The zero-order valence-electron chi connectivity index (χ0n) is 10.2. The monoisotopic (exact) mass is 279 g/mol. The Hall–Kier alpha value is -0.205. The summed E-state index contributed by atoms with van der Waals surface area (Å²) in [7, 11) is -2.50. The number of aliphatic hydroxyl groups is 1. The summed E-state index contributed by atoms with van der Waals surface area (Å²) in [6, 6.07) is -0.343. The Morgan fingerprint density at radius 2 is 2.17 bits per heavy atom. The number of hydrogen-bond donors (Lipinski definition) is 4. The molecule has 0 aliphatic carbocycles. The minimum atomic E-state index is -4.24. The molecule has 0 saturated carbocycles. The number of rotatable bonds is 6. The predicted octanol–water partition coefficient (Wildman–Crippen LogP) is -1.87. The number of aliphatic hydroxyl groups excluding tert-OH is 1. The summed E-state index contributed by atoms with van der Waals surface area (Å²) < 4.78 is 21.5. The molecule has 1 heterocycles. The summed E-state index contributed by atoms with van der Waals surface area (Å²) in [5, 5.41) is 9.93. The van der Waals surface area contributed by atoms with Gasteiger partial charge in [-0.3, -0.25) is 4.57 Å². The van der Waals surface area contributed by atoms with Crippen LogP contribution < -0.4 is 5.73 Å². The highest BCUT2D eigenvalue weighted by Gasteiger charge is 2.40. The van der Waals surface area contributed by atoms with E-state index in [1.807, 2.05) is 0 Å². The molecule has 4 atom stereocenters. The highest BCUT2D eigenvalue weighted by Crippen LogP contribution is 2.37. The van der Waals surface area contributed by atoms with Crippen molar-refractivity contribution in [1.29, 1.82) is 0 Å². The molecule has 7 nitrogen and oxygen atoms in total. The molecule has 1 saturated heterocycles. The lowest BCUT2D eigenvalue weighted by atomic mass is 9.93. The van der Waals surface area contributed by atoms with Crippen molar-refractivity contribution in [2.45, 2.75) is 30.7 Å². The maximum atomic E-state index is 10.7. The van der Waals surface area contributed by atoms with Crippen LogP contribution in [0.5, 0.6) is 0 Å². The van der Waals surface area contributed by atoms with E-state index in [-0.39, 0.29) is 6.00 Å². The molecule has 0 aromatic rings. The third-order valence-electron chi connectivity index (χ3n) is 2.64. The van der Waals surface area contributed by atoms with Gasteiger partial charge in [-0.25, -0.2) is 0 Å².